The molecule has 0 radical (unpaired) electrons. The molecule has 28 heavy (non-hydrogen) atoms. The van der Waals surface area contributed by atoms with Crippen LogP contribution in [0.5, 0.6) is 5.75 Å². The van der Waals surface area contributed by atoms with E-state index in [4.69, 9.17) is 9.47 Å². The Labute approximate surface area is 162 Å². The summed E-state index contributed by atoms with van der Waals surface area (Å²) in [4.78, 5) is 35.2. The molecule has 8 nitrogen and oxygen atoms in total. The Morgan fingerprint density at radius 1 is 1.18 bits per heavy atom. The Morgan fingerprint density at radius 2 is 1.89 bits per heavy atom. The van der Waals surface area contributed by atoms with Crippen LogP contribution in [-0.2, 0) is 9.53 Å². The maximum atomic E-state index is 12.3. The van der Waals surface area contributed by atoms with Gasteiger partial charge in [0.05, 0.1) is 17.1 Å². The molecule has 1 N–H and O–H groups in total. The number of aryl methyl sites for hydroxylation is 2. The Balaban J connectivity index is 2.11. The highest BCUT2D eigenvalue weighted by Gasteiger charge is 2.23. The first-order valence-corrected chi connectivity index (χ1v) is 8.73. The average Bonchev–Trinajstić information content (AvgIpc) is 2.64. The molecule has 0 aliphatic carbocycles. The lowest BCUT2D eigenvalue weighted by atomic mass is 10.1. The smallest absolute Gasteiger partial charge is 0.339 e. The monoisotopic (exact) mass is 386 g/mol. The predicted octanol–water partition coefficient (Wildman–Crippen LogP) is 3.79. The van der Waals surface area contributed by atoms with Gasteiger partial charge < -0.3 is 14.8 Å². The molecule has 0 saturated carbocycles. The maximum absolute atomic E-state index is 12.3. The number of nitrogens with zero attached hydrogens (tertiary/aromatic N) is 1. The highest BCUT2D eigenvalue weighted by Crippen LogP contribution is 2.28. The van der Waals surface area contributed by atoms with Gasteiger partial charge in [-0.25, -0.2) is 4.79 Å². The zero-order chi connectivity index (χ0) is 20.8. The molecule has 0 aromatic heterocycles. The summed E-state index contributed by atoms with van der Waals surface area (Å²) in [5, 5.41) is 13.9. The first-order valence-electron chi connectivity index (χ1n) is 8.73. The summed E-state index contributed by atoms with van der Waals surface area (Å²) in [6.07, 6.45) is -1.09. The number of ether oxygens (including phenoxy) is 2. The van der Waals surface area contributed by atoms with Crippen molar-refractivity contribution in [3.8, 4) is 5.75 Å². The molecule has 2 aromatic rings. The number of carbonyl (C=O) groups excluding carboxylic acids is 2. The molecule has 1 atom stereocenters. The second-order valence-corrected chi connectivity index (χ2v) is 6.23. The Hall–Kier alpha value is -3.42. The van der Waals surface area contributed by atoms with Gasteiger partial charge in [0.15, 0.2) is 11.9 Å². The topological polar surface area (TPSA) is 108 Å². The normalized spacial score (nSPS) is 11.4. The van der Waals surface area contributed by atoms with Crippen LogP contribution in [0.1, 0.15) is 35.3 Å². The maximum Gasteiger partial charge on any atom is 0.339 e. The second-order valence-electron chi connectivity index (χ2n) is 6.23. The van der Waals surface area contributed by atoms with Crippen molar-refractivity contribution in [2.24, 2.45) is 0 Å². The van der Waals surface area contributed by atoms with Gasteiger partial charge in [-0.1, -0.05) is 12.1 Å². The van der Waals surface area contributed by atoms with E-state index in [1.807, 2.05) is 32.0 Å². The molecule has 1 amide bonds. The van der Waals surface area contributed by atoms with Crippen molar-refractivity contribution in [3.63, 3.8) is 0 Å². The molecule has 2 rings (SSSR count). The Morgan fingerprint density at radius 3 is 2.54 bits per heavy atom. The van der Waals surface area contributed by atoms with Gasteiger partial charge in [0.25, 0.3) is 5.91 Å². The van der Waals surface area contributed by atoms with E-state index in [1.165, 1.54) is 19.1 Å². The van der Waals surface area contributed by atoms with Gasteiger partial charge in [-0.05, 0) is 57.0 Å². The van der Waals surface area contributed by atoms with Crippen molar-refractivity contribution < 1.29 is 24.0 Å². The summed E-state index contributed by atoms with van der Waals surface area (Å²) >= 11 is 0. The molecule has 0 aliphatic heterocycles. The molecule has 2 aromatic carbocycles. The number of rotatable bonds is 7. The van der Waals surface area contributed by atoms with Crippen molar-refractivity contribution >= 4 is 23.3 Å². The van der Waals surface area contributed by atoms with Crippen molar-refractivity contribution in [3.05, 3.63) is 63.2 Å². The summed E-state index contributed by atoms with van der Waals surface area (Å²) in [5.41, 5.74) is 2.10. The molecule has 0 aliphatic rings. The van der Waals surface area contributed by atoms with Crippen LogP contribution in [0.15, 0.2) is 36.4 Å². The fraction of sp³-hybridized carbons (Fsp3) is 0.300. The second kappa shape index (κ2) is 8.98. The fourth-order valence-electron chi connectivity index (χ4n) is 2.45. The number of hydrogen-bond donors (Lipinski definition) is 1. The fourth-order valence-corrected chi connectivity index (χ4v) is 2.45. The number of nitrogens with one attached hydrogen (secondary N) is 1. The van der Waals surface area contributed by atoms with Gasteiger partial charge >= 0.3 is 11.7 Å². The van der Waals surface area contributed by atoms with E-state index in [9.17, 15) is 19.7 Å². The number of nitro benzene ring substituents is 1. The first-order chi connectivity index (χ1) is 13.2. The highest BCUT2D eigenvalue weighted by molar-refractivity contribution is 5.98. The zero-order valence-corrected chi connectivity index (χ0v) is 16.1. The molecule has 0 unspecified atom stereocenters. The molecule has 0 spiro atoms. The standard InChI is InChI=1S/C20H22N2O6/c1-5-27-18-9-8-15(11-17(18)22(25)26)20(24)28-14(4)19(23)21-16-10-12(2)6-7-13(16)3/h6-11,14H,5H2,1-4H3,(H,21,23)/t14-/m0/s1. The average molecular weight is 386 g/mol. The first kappa shape index (κ1) is 20.9. The molecule has 8 heteroatoms. The van der Waals surface area contributed by atoms with Crippen LogP contribution in [0, 0.1) is 24.0 Å². The quantitative estimate of drug-likeness (QED) is 0.441. The highest BCUT2D eigenvalue weighted by atomic mass is 16.6. The van der Waals surface area contributed by atoms with E-state index in [-0.39, 0.29) is 23.6 Å². The third-order valence-electron chi connectivity index (χ3n) is 4.00. The minimum absolute atomic E-state index is 0.0402. The van der Waals surface area contributed by atoms with Crippen molar-refractivity contribution in [1.82, 2.24) is 0 Å². The van der Waals surface area contributed by atoms with Crippen molar-refractivity contribution in [2.45, 2.75) is 33.8 Å². The van der Waals surface area contributed by atoms with Crippen LogP contribution in [0.2, 0.25) is 0 Å². The van der Waals surface area contributed by atoms with E-state index in [0.717, 1.165) is 17.2 Å². The number of esters is 1. The van der Waals surface area contributed by atoms with Crippen LogP contribution in [0.4, 0.5) is 11.4 Å². The largest absolute Gasteiger partial charge is 0.487 e. The van der Waals surface area contributed by atoms with E-state index < -0.39 is 22.9 Å². The van der Waals surface area contributed by atoms with Gasteiger partial charge in [-0.15, -0.1) is 0 Å². The van der Waals surface area contributed by atoms with Crippen LogP contribution in [0.3, 0.4) is 0 Å². The zero-order valence-electron chi connectivity index (χ0n) is 16.1. The molecule has 148 valence electrons. The minimum Gasteiger partial charge on any atom is -0.487 e. The van der Waals surface area contributed by atoms with Crippen LogP contribution in [0.25, 0.3) is 0 Å². The van der Waals surface area contributed by atoms with Gasteiger partial charge in [-0.3, -0.25) is 14.9 Å². The summed E-state index contributed by atoms with van der Waals surface area (Å²) in [7, 11) is 0. The predicted molar refractivity (Wildman–Crippen MR) is 104 cm³/mol. The Kier molecular flexibility index (Phi) is 6.70. The number of amides is 1. The summed E-state index contributed by atoms with van der Waals surface area (Å²) < 4.78 is 10.3. The number of anilines is 1. The third kappa shape index (κ3) is 5.06. The van der Waals surface area contributed by atoms with Crippen molar-refractivity contribution in [1.29, 1.82) is 0 Å². The summed E-state index contributed by atoms with van der Waals surface area (Å²) in [6.45, 7) is 7.13. The number of nitro groups is 1. The van der Waals surface area contributed by atoms with E-state index in [0.29, 0.717) is 5.69 Å². The molecule has 0 heterocycles. The van der Waals surface area contributed by atoms with Gasteiger partial charge in [-0.2, -0.15) is 0 Å². The number of benzene rings is 2. The van der Waals surface area contributed by atoms with E-state index in [1.54, 1.807) is 6.92 Å². The minimum atomic E-state index is -1.09. The molecule has 0 fully saturated rings. The van der Waals surface area contributed by atoms with Gasteiger partial charge in [0, 0.05) is 11.8 Å². The lowest BCUT2D eigenvalue weighted by molar-refractivity contribution is -0.385. The number of hydrogen-bond acceptors (Lipinski definition) is 6. The molecule has 0 saturated heterocycles. The van der Waals surface area contributed by atoms with E-state index >= 15 is 0 Å². The number of carbonyl (C=O) groups is 2. The van der Waals surface area contributed by atoms with E-state index in [2.05, 4.69) is 5.32 Å². The van der Waals surface area contributed by atoms with Crippen LogP contribution < -0.4 is 10.1 Å². The molecular weight excluding hydrogens is 364 g/mol. The molecular formula is C20H22N2O6. The van der Waals surface area contributed by atoms with Gasteiger partial charge in [0.2, 0.25) is 0 Å². The Bertz CT molecular complexity index is 910. The third-order valence-corrected chi connectivity index (χ3v) is 4.00. The summed E-state index contributed by atoms with van der Waals surface area (Å²) in [5.74, 6) is -1.28. The lowest BCUT2D eigenvalue weighted by Gasteiger charge is -2.15. The molecule has 0 bridgehead atoms. The van der Waals surface area contributed by atoms with Gasteiger partial charge in [0.1, 0.15) is 0 Å². The van der Waals surface area contributed by atoms with Crippen LogP contribution >= 0.6 is 0 Å². The van der Waals surface area contributed by atoms with Crippen molar-refractivity contribution in [2.75, 3.05) is 11.9 Å². The lowest BCUT2D eigenvalue weighted by Crippen LogP contribution is -2.30. The summed E-state index contributed by atoms with van der Waals surface area (Å²) in [6, 6.07) is 9.38. The SMILES string of the molecule is CCOc1ccc(C(=O)O[C@@H](C)C(=O)Nc2cc(C)ccc2C)cc1[N+](=O)[O-]. The van der Waals surface area contributed by atoms with Crippen LogP contribution in [-0.4, -0.2) is 29.5 Å².